The highest BCUT2D eigenvalue weighted by molar-refractivity contribution is 5.81. The molecule has 0 aromatic carbocycles. The van der Waals surface area contributed by atoms with E-state index in [1.807, 2.05) is 4.90 Å². The van der Waals surface area contributed by atoms with Crippen LogP contribution in [0.4, 0.5) is 0 Å². The molecule has 1 saturated carbocycles. The lowest BCUT2D eigenvalue weighted by atomic mass is 10.1. The molecule has 4 nitrogen and oxygen atoms in total. The van der Waals surface area contributed by atoms with Gasteiger partial charge in [-0.2, -0.15) is 0 Å². The maximum atomic E-state index is 11.9. The molecular formula is C10H16N2O2. The number of ether oxygens (including phenoxy) is 1. The lowest BCUT2D eigenvalue weighted by Crippen LogP contribution is -2.53. The SMILES string of the molecule is O=C(C1CC1)N1CCO[C@H]2CNC[C@H]21. The molecule has 2 atom stereocenters. The van der Waals surface area contributed by atoms with Crippen molar-refractivity contribution in [1.82, 2.24) is 10.2 Å². The molecule has 3 rings (SSSR count). The molecule has 0 aromatic heterocycles. The highest BCUT2D eigenvalue weighted by Crippen LogP contribution is 2.33. The molecule has 3 aliphatic rings. The number of nitrogens with one attached hydrogen (secondary N) is 1. The predicted molar refractivity (Wildman–Crippen MR) is 50.8 cm³/mol. The van der Waals surface area contributed by atoms with E-state index in [1.165, 1.54) is 0 Å². The first-order chi connectivity index (χ1) is 6.86. The molecule has 0 bridgehead atoms. The van der Waals surface area contributed by atoms with E-state index in [0.29, 0.717) is 24.5 Å². The summed E-state index contributed by atoms with van der Waals surface area (Å²) in [6, 6.07) is 0.303. The van der Waals surface area contributed by atoms with Crippen LogP contribution in [0.2, 0.25) is 0 Å². The maximum Gasteiger partial charge on any atom is 0.226 e. The zero-order valence-electron chi connectivity index (χ0n) is 8.24. The fourth-order valence-corrected chi connectivity index (χ4v) is 2.43. The number of morpholine rings is 1. The Morgan fingerprint density at radius 2 is 2.21 bits per heavy atom. The number of rotatable bonds is 1. The zero-order valence-corrected chi connectivity index (χ0v) is 8.24. The number of fused-ring (bicyclic) bond motifs is 1. The van der Waals surface area contributed by atoms with E-state index < -0.39 is 0 Å². The second-order valence-electron chi connectivity index (χ2n) is 4.44. The van der Waals surface area contributed by atoms with Crippen LogP contribution in [-0.2, 0) is 9.53 Å². The van der Waals surface area contributed by atoms with Gasteiger partial charge in [-0.25, -0.2) is 0 Å². The summed E-state index contributed by atoms with van der Waals surface area (Å²) in [7, 11) is 0. The van der Waals surface area contributed by atoms with Gasteiger partial charge in [0.1, 0.15) is 0 Å². The number of carbonyl (C=O) groups is 1. The van der Waals surface area contributed by atoms with Gasteiger partial charge in [0.25, 0.3) is 0 Å². The molecule has 1 amide bonds. The van der Waals surface area contributed by atoms with Crippen LogP contribution in [0.1, 0.15) is 12.8 Å². The Bertz CT molecular complexity index is 253. The molecule has 2 heterocycles. The lowest BCUT2D eigenvalue weighted by Gasteiger charge is -2.37. The van der Waals surface area contributed by atoms with Gasteiger partial charge in [-0.1, -0.05) is 0 Å². The van der Waals surface area contributed by atoms with E-state index in [4.69, 9.17) is 4.74 Å². The normalized spacial score (nSPS) is 37.0. The monoisotopic (exact) mass is 196 g/mol. The third-order valence-corrected chi connectivity index (χ3v) is 3.40. The minimum atomic E-state index is 0.242. The molecule has 1 N–H and O–H groups in total. The van der Waals surface area contributed by atoms with Crippen LogP contribution in [0.15, 0.2) is 0 Å². The Hall–Kier alpha value is -0.610. The Labute approximate surface area is 83.6 Å². The maximum absolute atomic E-state index is 11.9. The molecule has 14 heavy (non-hydrogen) atoms. The van der Waals surface area contributed by atoms with Gasteiger partial charge in [-0.05, 0) is 12.8 Å². The summed E-state index contributed by atoms with van der Waals surface area (Å²) < 4.78 is 5.63. The van der Waals surface area contributed by atoms with E-state index in [2.05, 4.69) is 5.32 Å². The summed E-state index contributed by atoms with van der Waals surface area (Å²) in [6.07, 6.45) is 2.44. The number of amides is 1. The molecule has 0 aromatic rings. The van der Waals surface area contributed by atoms with Crippen LogP contribution >= 0.6 is 0 Å². The fourth-order valence-electron chi connectivity index (χ4n) is 2.43. The van der Waals surface area contributed by atoms with Gasteiger partial charge < -0.3 is 15.0 Å². The molecule has 0 radical (unpaired) electrons. The van der Waals surface area contributed by atoms with E-state index in [-0.39, 0.29) is 6.10 Å². The van der Waals surface area contributed by atoms with Crippen molar-refractivity contribution in [2.75, 3.05) is 26.2 Å². The van der Waals surface area contributed by atoms with Crippen LogP contribution < -0.4 is 5.32 Å². The van der Waals surface area contributed by atoms with Crippen molar-refractivity contribution in [2.45, 2.75) is 25.0 Å². The molecule has 2 aliphatic heterocycles. The summed E-state index contributed by atoms with van der Waals surface area (Å²) >= 11 is 0. The molecule has 4 heteroatoms. The van der Waals surface area contributed by atoms with Crippen molar-refractivity contribution in [3.8, 4) is 0 Å². The van der Waals surface area contributed by atoms with Crippen molar-refractivity contribution in [3.63, 3.8) is 0 Å². The van der Waals surface area contributed by atoms with Gasteiger partial charge in [-0.15, -0.1) is 0 Å². The first kappa shape index (κ1) is 8.68. The Balaban J connectivity index is 1.73. The topological polar surface area (TPSA) is 41.6 Å². The second-order valence-corrected chi connectivity index (χ2v) is 4.44. The van der Waals surface area contributed by atoms with Gasteiger partial charge in [-0.3, -0.25) is 4.79 Å². The number of nitrogens with zero attached hydrogens (tertiary/aromatic N) is 1. The largest absolute Gasteiger partial charge is 0.373 e. The molecule has 0 spiro atoms. The Morgan fingerprint density at radius 3 is 3.00 bits per heavy atom. The van der Waals surface area contributed by atoms with Crippen molar-refractivity contribution < 1.29 is 9.53 Å². The second kappa shape index (κ2) is 3.21. The van der Waals surface area contributed by atoms with Gasteiger partial charge in [0.15, 0.2) is 0 Å². The minimum Gasteiger partial charge on any atom is -0.373 e. The Kier molecular flexibility index (Phi) is 1.99. The summed E-state index contributed by atoms with van der Waals surface area (Å²) in [5.41, 5.74) is 0. The van der Waals surface area contributed by atoms with Crippen LogP contribution in [0, 0.1) is 5.92 Å². The fraction of sp³-hybridized carbons (Fsp3) is 0.900. The van der Waals surface area contributed by atoms with Crippen molar-refractivity contribution in [3.05, 3.63) is 0 Å². The van der Waals surface area contributed by atoms with Gasteiger partial charge in [0.05, 0.1) is 18.8 Å². The zero-order chi connectivity index (χ0) is 9.54. The number of hydrogen-bond donors (Lipinski definition) is 1. The number of carbonyl (C=O) groups excluding carboxylic acids is 1. The molecular weight excluding hydrogens is 180 g/mol. The van der Waals surface area contributed by atoms with E-state index >= 15 is 0 Å². The quantitative estimate of drug-likeness (QED) is 0.620. The highest BCUT2D eigenvalue weighted by Gasteiger charge is 2.42. The summed E-state index contributed by atoms with van der Waals surface area (Å²) in [4.78, 5) is 14.0. The molecule has 2 saturated heterocycles. The van der Waals surface area contributed by atoms with Crippen molar-refractivity contribution >= 4 is 5.91 Å². The standard InChI is InChI=1S/C10H16N2O2/c13-10(7-1-2-7)12-3-4-14-9-6-11-5-8(9)12/h7-9,11H,1-6H2/t8-,9+/m1/s1. The number of hydrogen-bond acceptors (Lipinski definition) is 3. The van der Waals surface area contributed by atoms with Gasteiger partial charge >= 0.3 is 0 Å². The summed E-state index contributed by atoms with van der Waals surface area (Å²) in [5.74, 6) is 0.710. The highest BCUT2D eigenvalue weighted by atomic mass is 16.5. The minimum absolute atomic E-state index is 0.242. The molecule has 1 aliphatic carbocycles. The molecule has 3 fully saturated rings. The third-order valence-electron chi connectivity index (χ3n) is 3.40. The van der Waals surface area contributed by atoms with Crippen LogP contribution in [0.5, 0.6) is 0 Å². The van der Waals surface area contributed by atoms with E-state index in [1.54, 1.807) is 0 Å². The predicted octanol–water partition coefficient (Wildman–Crippen LogP) is -0.404. The van der Waals surface area contributed by atoms with Crippen molar-refractivity contribution in [1.29, 1.82) is 0 Å². The summed E-state index contributed by atoms with van der Waals surface area (Å²) in [6.45, 7) is 3.31. The van der Waals surface area contributed by atoms with Gasteiger partial charge in [0, 0.05) is 25.6 Å². The first-order valence-corrected chi connectivity index (χ1v) is 5.49. The third kappa shape index (κ3) is 1.33. The van der Waals surface area contributed by atoms with Crippen LogP contribution in [0.25, 0.3) is 0 Å². The molecule has 78 valence electrons. The van der Waals surface area contributed by atoms with E-state index in [0.717, 1.165) is 32.5 Å². The van der Waals surface area contributed by atoms with Crippen molar-refractivity contribution in [2.24, 2.45) is 5.92 Å². The lowest BCUT2D eigenvalue weighted by molar-refractivity contribution is -0.144. The average Bonchev–Trinajstić information content (AvgIpc) is 2.94. The van der Waals surface area contributed by atoms with Crippen LogP contribution in [0.3, 0.4) is 0 Å². The molecule has 0 unspecified atom stereocenters. The van der Waals surface area contributed by atoms with Gasteiger partial charge in [0.2, 0.25) is 5.91 Å². The first-order valence-electron chi connectivity index (χ1n) is 5.49. The van der Waals surface area contributed by atoms with E-state index in [9.17, 15) is 4.79 Å². The Morgan fingerprint density at radius 1 is 1.36 bits per heavy atom. The average molecular weight is 196 g/mol. The summed E-state index contributed by atoms with van der Waals surface area (Å²) in [5, 5.41) is 3.29. The smallest absolute Gasteiger partial charge is 0.226 e. The van der Waals surface area contributed by atoms with Crippen LogP contribution in [-0.4, -0.2) is 49.2 Å².